The van der Waals surface area contributed by atoms with Crippen LogP contribution in [0.15, 0.2) is 18.2 Å². The average Bonchev–Trinajstić information content (AvgIpc) is 2.51. The zero-order chi connectivity index (χ0) is 17.0. The molecule has 2 rings (SSSR count). The lowest BCUT2D eigenvalue weighted by molar-refractivity contribution is 0.0517. The standard InChI is InChI=1S/C14H11Cl2IN2O3S/c1-3-21-14(20)12-13(22-23-17)18-7(2)11(19-12)8-5-4-6-9(15)10(8)16/h4-6H,3H2,1-2H3. The van der Waals surface area contributed by atoms with Crippen LogP contribution in [0.3, 0.4) is 0 Å². The third-order valence-corrected chi connectivity index (χ3v) is 4.40. The quantitative estimate of drug-likeness (QED) is 0.325. The molecule has 0 saturated carbocycles. The predicted octanol–water partition coefficient (Wildman–Crippen LogP) is 5.31. The van der Waals surface area contributed by atoms with E-state index < -0.39 is 5.97 Å². The predicted molar refractivity (Wildman–Crippen MR) is 100 cm³/mol. The number of carbonyl (C=O) groups excluding carboxylic acids is 1. The highest BCUT2D eigenvalue weighted by Crippen LogP contribution is 2.35. The second kappa shape index (κ2) is 8.36. The molecule has 9 heteroatoms. The number of hydrogen-bond acceptors (Lipinski definition) is 6. The summed E-state index contributed by atoms with van der Waals surface area (Å²) in [6.45, 7) is 3.68. The molecule has 0 aliphatic rings. The van der Waals surface area contributed by atoms with Crippen LogP contribution in [0.4, 0.5) is 0 Å². The molecule has 1 aromatic heterocycles. The van der Waals surface area contributed by atoms with E-state index in [9.17, 15) is 4.79 Å². The Kier molecular flexibility index (Phi) is 6.75. The smallest absolute Gasteiger partial charge is 0.362 e. The highest BCUT2D eigenvalue weighted by molar-refractivity contribution is 14.2. The van der Waals surface area contributed by atoms with Gasteiger partial charge in [0.2, 0.25) is 5.69 Å². The molecule has 23 heavy (non-hydrogen) atoms. The van der Waals surface area contributed by atoms with Gasteiger partial charge in [0.05, 0.1) is 28.0 Å². The Morgan fingerprint density at radius 1 is 1.35 bits per heavy atom. The third-order valence-electron chi connectivity index (χ3n) is 2.82. The minimum Gasteiger partial charge on any atom is -0.461 e. The molecule has 0 bridgehead atoms. The summed E-state index contributed by atoms with van der Waals surface area (Å²) in [5.74, 6) is -0.512. The van der Waals surface area contributed by atoms with Crippen molar-refractivity contribution >= 4 is 59.6 Å². The molecule has 0 saturated heterocycles. The van der Waals surface area contributed by atoms with Crippen LogP contribution in [0.2, 0.25) is 10.0 Å². The number of hydrogen-bond donors (Lipinski definition) is 0. The molecule has 122 valence electrons. The van der Waals surface area contributed by atoms with Gasteiger partial charge in [-0.1, -0.05) is 35.3 Å². The molecule has 0 aliphatic carbocycles. The Bertz CT molecular complexity index is 746. The van der Waals surface area contributed by atoms with Crippen molar-refractivity contribution in [1.29, 1.82) is 0 Å². The SMILES string of the molecule is CCOC(=O)c1nc(-c2cccc(Cl)c2Cl)c(C)nc1OSI. The van der Waals surface area contributed by atoms with Crippen LogP contribution in [0.1, 0.15) is 23.1 Å². The number of nitrogens with zero attached hydrogens (tertiary/aromatic N) is 2. The van der Waals surface area contributed by atoms with Crippen molar-refractivity contribution in [3.8, 4) is 17.1 Å². The molecular weight excluding hydrogens is 474 g/mol. The van der Waals surface area contributed by atoms with Crippen LogP contribution in [-0.4, -0.2) is 22.5 Å². The largest absolute Gasteiger partial charge is 0.461 e. The highest BCUT2D eigenvalue weighted by Gasteiger charge is 2.22. The van der Waals surface area contributed by atoms with E-state index in [1.807, 2.05) is 21.2 Å². The summed E-state index contributed by atoms with van der Waals surface area (Å²) in [4.78, 5) is 20.8. The number of carbonyl (C=O) groups is 1. The minimum absolute atomic E-state index is 0.00680. The van der Waals surface area contributed by atoms with Crippen LogP contribution in [-0.2, 0) is 4.74 Å². The fourth-order valence-corrected chi connectivity index (χ4v) is 2.94. The van der Waals surface area contributed by atoms with Gasteiger partial charge in [-0.3, -0.25) is 0 Å². The van der Waals surface area contributed by atoms with Crippen molar-refractivity contribution in [2.75, 3.05) is 6.61 Å². The molecule has 1 aromatic carbocycles. The Labute approximate surface area is 159 Å². The summed E-state index contributed by atoms with van der Waals surface area (Å²) in [6.07, 6.45) is 0. The molecule has 0 amide bonds. The Morgan fingerprint density at radius 3 is 2.74 bits per heavy atom. The maximum absolute atomic E-state index is 12.1. The number of aryl methyl sites for hydroxylation is 1. The van der Waals surface area contributed by atoms with E-state index in [1.165, 1.54) is 0 Å². The topological polar surface area (TPSA) is 61.3 Å². The summed E-state index contributed by atoms with van der Waals surface area (Å²) < 4.78 is 10.3. The number of ether oxygens (including phenoxy) is 1. The summed E-state index contributed by atoms with van der Waals surface area (Å²) in [5, 5.41) is 0.740. The van der Waals surface area contributed by atoms with Gasteiger partial charge in [-0.2, -0.15) is 0 Å². The summed E-state index contributed by atoms with van der Waals surface area (Å²) in [5.41, 5.74) is 1.59. The first-order valence-electron chi connectivity index (χ1n) is 6.45. The van der Waals surface area contributed by atoms with Crippen LogP contribution >= 0.6 is 53.6 Å². The van der Waals surface area contributed by atoms with E-state index in [0.717, 1.165) is 9.21 Å². The maximum Gasteiger partial charge on any atom is 0.362 e. The summed E-state index contributed by atoms with van der Waals surface area (Å²) in [6, 6.07) is 5.18. The lowest BCUT2D eigenvalue weighted by Crippen LogP contribution is -2.11. The summed E-state index contributed by atoms with van der Waals surface area (Å²) in [7, 11) is 1.03. The first-order chi connectivity index (χ1) is 11.0. The van der Waals surface area contributed by atoms with Crippen molar-refractivity contribution in [1.82, 2.24) is 9.97 Å². The minimum atomic E-state index is -0.611. The van der Waals surface area contributed by atoms with E-state index in [0.29, 0.717) is 27.0 Å². The number of esters is 1. The molecule has 0 unspecified atom stereocenters. The van der Waals surface area contributed by atoms with Gasteiger partial charge in [0, 0.05) is 26.8 Å². The Hall–Kier alpha value is -0.770. The lowest BCUT2D eigenvalue weighted by atomic mass is 10.1. The van der Waals surface area contributed by atoms with Gasteiger partial charge in [0.1, 0.15) is 9.21 Å². The second-order valence-electron chi connectivity index (χ2n) is 4.28. The van der Waals surface area contributed by atoms with Crippen LogP contribution in [0.5, 0.6) is 5.88 Å². The van der Waals surface area contributed by atoms with Crippen molar-refractivity contribution < 1.29 is 13.7 Å². The van der Waals surface area contributed by atoms with Gasteiger partial charge >= 0.3 is 5.97 Å². The Balaban J connectivity index is 2.63. The normalized spacial score (nSPS) is 10.5. The van der Waals surface area contributed by atoms with Crippen molar-refractivity contribution in [2.45, 2.75) is 13.8 Å². The lowest BCUT2D eigenvalue weighted by Gasteiger charge is -2.12. The van der Waals surface area contributed by atoms with Crippen LogP contribution in [0.25, 0.3) is 11.3 Å². The molecule has 2 aromatic rings. The number of benzene rings is 1. The second-order valence-corrected chi connectivity index (χ2v) is 6.44. The van der Waals surface area contributed by atoms with E-state index >= 15 is 0 Å². The number of halogens is 3. The van der Waals surface area contributed by atoms with Gasteiger partial charge in [-0.25, -0.2) is 14.8 Å². The highest BCUT2D eigenvalue weighted by atomic mass is 127. The monoisotopic (exact) mass is 484 g/mol. The van der Waals surface area contributed by atoms with Gasteiger partial charge < -0.3 is 8.92 Å². The first kappa shape index (κ1) is 18.6. The summed E-state index contributed by atoms with van der Waals surface area (Å²) >= 11 is 14.2. The van der Waals surface area contributed by atoms with E-state index in [-0.39, 0.29) is 18.2 Å². The van der Waals surface area contributed by atoms with Gasteiger partial charge in [-0.15, -0.1) is 0 Å². The van der Waals surface area contributed by atoms with Crippen molar-refractivity contribution in [3.05, 3.63) is 39.6 Å². The molecule has 5 nitrogen and oxygen atoms in total. The molecule has 0 aliphatic heterocycles. The molecule has 0 radical (unpaired) electrons. The molecule has 0 spiro atoms. The fourth-order valence-electron chi connectivity index (χ4n) is 1.86. The maximum atomic E-state index is 12.1. The van der Waals surface area contributed by atoms with E-state index in [1.54, 1.807) is 32.0 Å². The first-order valence-corrected chi connectivity index (χ1v) is 10.5. The van der Waals surface area contributed by atoms with Crippen molar-refractivity contribution in [2.24, 2.45) is 0 Å². The van der Waals surface area contributed by atoms with E-state index in [4.69, 9.17) is 32.1 Å². The zero-order valence-electron chi connectivity index (χ0n) is 12.1. The number of aromatic nitrogens is 2. The van der Waals surface area contributed by atoms with E-state index in [2.05, 4.69) is 9.97 Å². The number of rotatable bonds is 5. The molecule has 0 fully saturated rings. The van der Waals surface area contributed by atoms with Crippen molar-refractivity contribution in [3.63, 3.8) is 0 Å². The van der Waals surface area contributed by atoms with Gasteiger partial charge in [-0.05, 0) is 19.9 Å². The molecular formula is C14H11Cl2IN2O3S. The van der Waals surface area contributed by atoms with Gasteiger partial charge in [0.25, 0.3) is 5.88 Å². The van der Waals surface area contributed by atoms with Crippen LogP contribution in [0, 0.1) is 6.92 Å². The average molecular weight is 485 g/mol. The molecule has 0 atom stereocenters. The van der Waals surface area contributed by atoms with Crippen LogP contribution < -0.4 is 4.18 Å². The fraction of sp³-hybridized carbons (Fsp3) is 0.214. The molecule has 1 heterocycles. The Morgan fingerprint density at radius 2 is 2.09 bits per heavy atom. The third kappa shape index (κ3) is 4.20. The van der Waals surface area contributed by atoms with Gasteiger partial charge in [0.15, 0.2) is 0 Å². The molecule has 0 N–H and O–H groups in total. The zero-order valence-corrected chi connectivity index (χ0v) is 16.6.